The smallest absolute Gasteiger partial charge is 0.396 e. The highest BCUT2D eigenvalue weighted by Gasteiger charge is 2.43. The first-order valence-electron chi connectivity index (χ1n) is 4.50. The predicted molar refractivity (Wildman–Crippen MR) is 45.1 cm³/mol. The maximum absolute atomic E-state index is 12.5. The maximum atomic E-state index is 12.5. The van der Waals surface area contributed by atoms with Gasteiger partial charge in [0.2, 0.25) is 0 Å². The van der Waals surface area contributed by atoms with E-state index in [2.05, 4.69) is 0 Å². The summed E-state index contributed by atoms with van der Waals surface area (Å²) in [5.74, 6) is -3.38. The standard InChI is InChI=1S/C9H11F3O3/c10-9(11,12)7(4-8(13)14)6-2-1-3-15-5-6/h5,7H,1-4H2,(H,13,14). The highest BCUT2D eigenvalue weighted by molar-refractivity contribution is 5.67. The van der Waals surface area contributed by atoms with Crippen LogP contribution in [-0.4, -0.2) is 23.9 Å². The second kappa shape index (κ2) is 4.55. The SMILES string of the molecule is O=C(O)CC(C1=COCCC1)C(F)(F)F. The Morgan fingerprint density at radius 1 is 1.60 bits per heavy atom. The second-order valence-electron chi connectivity index (χ2n) is 3.36. The lowest BCUT2D eigenvalue weighted by Gasteiger charge is -2.23. The fourth-order valence-corrected chi connectivity index (χ4v) is 1.47. The number of carboxylic acid groups (broad SMARTS) is 1. The summed E-state index contributed by atoms with van der Waals surface area (Å²) in [6.45, 7) is 0.390. The zero-order valence-electron chi connectivity index (χ0n) is 7.88. The molecule has 0 aromatic carbocycles. The molecule has 1 rings (SSSR count). The lowest BCUT2D eigenvalue weighted by Crippen LogP contribution is -2.28. The number of alkyl halides is 3. The number of hydrogen-bond donors (Lipinski definition) is 1. The van der Waals surface area contributed by atoms with E-state index in [0.717, 1.165) is 6.26 Å². The summed E-state index contributed by atoms with van der Waals surface area (Å²) >= 11 is 0. The second-order valence-corrected chi connectivity index (χ2v) is 3.36. The molecule has 0 aromatic rings. The average molecular weight is 224 g/mol. The molecule has 1 heterocycles. The Labute approximate surface area is 84.5 Å². The zero-order chi connectivity index (χ0) is 11.5. The molecule has 1 unspecified atom stereocenters. The third-order valence-corrected chi connectivity index (χ3v) is 2.18. The van der Waals surface area contributed by atoms with E-state index in [4.69, 9.17) is 9.84 Å². The van der Waals surface area contributed by atoms with Crippen LogP contribution in [-0.2, 0) is 9.53 Å². The van der Waals surface area contributed by atoms with Gasteiger partial charge < -0.3 is 9.84 Å². The zero-order valence-corrected chi connectivity index (χ0v) is 7.88. The van der Waals surface area contributed by atoms with Gasteiger partial charge in [0.25, 0.3) is 0 Å². The van der Waals surface area contributed by atoms with Crippen molar-refractivity contribution in [2.45, 2.75) is 25.4 Å². The number of rotatable bonds is 3. The molecule has 86 valence electrons. The van der Waals surface area contributed by atoms with Crippen molar-refractivity contribution in [3.05, 3.63) is 11.8 Å². The summed E-state index contributed by atoms with van der Waals surface area (Å²) < 4.78 is 42.3. The van der Waals surface area contributed by atoms with E-state index < -0.39 is 24.5 Å². The number of hydrogen-bond acceptors (Lipinski definition) is 2. The van der Waals surface area contributed by atoms with Crippen molar-refractivity contribution in [3.63, 3.8) is 0 Å². The van der Waals surface area contributed by atoms with Crippen molar-refractivity contribution < 1.29 is 27.8 Å². The Morgan fingerprint density at radius 3 is 2.67 bits per heavy atom. The molecule has 0 bridgehead atoms. The van der Waals surface area contributed by atoms with Crippen LogP contribution in [0.1, 0.15) is 19.3 Å². The predicted octanol–water partition coefficient (Wildman–Crippen LogP) is 2.33. The molecule has 0 fully saturated rings. The van der Waals surface area contributed by atoms with Crippen molar-refractivity contribution in [2.75, 3.05) is 6.61 Å². The Balaban J connectivity index is 2.80. The van der Waals surface area contributed by atoms with E-state index >= 15 is 0 Å². The summed E-state index contributed by atoms with van der Waals surface area (Å²) in [5.41, 5.74) is 0.0242. The molecular formula is C9H11F3O3. The number of ether oxygens (including phenoxy) is 1. The van der Waals surface area contributed by atoms with Gasteiger partial charge in [-0.15, -0.1) is 0 Å². The largest absolute Gasteiger partial charge is 0.501 e. The van der Waals surface area contributed by atoms with E-state index in [0.29, 0.717) is 13.0 Å². The summed E-state index contributed by atoms with van der Waals surface area (Å²) in [6.07, 6.45) is -3.66. The van der Waals surface area contributed by atoms with Gasteiger partial charge in [-0.05, 0) is 18.4 Å². The van der Waals surface area contributed by atoms with E-state index in [9.17, 15) is 18.0 Å². The van der Waals surface area contributed by atoms with E-state index in [-0.39, 0.29) is 12.0 Å². The van der Waals surface area contributed by atoms with Gasteiger partial charge in [0, 0.05) is 0 Å². The Morgan fingerprint density at radius 2 is 2.27 bits per heavy atom. The molecule has 1 atom stereocenters. The molecular weight excluding hydrogens is 213 g/mol. The molecule has 0 spiro atoms. The van der Waals surface area contributed by atoms with Crippen molar-refractivity contribution in [1.29, 1.82) is 0 Å². The van der Waals surface area contributed by atoms with E-state index in [1.165, 1.54) is 0 Å². The molecule has 1 aliphatic heterocycles. The van der Waals surface area contributed by atoms with Crippen LogP contribution < -0.4 is 0 Å². The Hall–Kier alpha value is -1.20. The van der Waals surface area contributed by atoms with Crippen LogP contribution in [0.5, 0.6) is 0 Å². The summed E-state index contributed by atoms with van der Waals surface area (Å²) in [7, 11) is 0. The van der Waals surface area contributed by atoms with Crippen LogP contribution in [0, 0.1) is 5.92 Å². The average Bonchev–Trinajstić information content (AvgIpc) is 2.14. The van der Waals surface area contributed by atoms with Gasteiger partial charge in [-0.2, -0.15) is 13.2 Å². The molecule has 3 nitrogen and oxygen atoms in total. The molecule has 0 amide bonds. The van der Waals surface area contributed by atoms with Gasteiger partial charge in [-0.25, -0.2) is 0 Å². The van der Waals surface area contributed by atoms with Crippen molar-refractivity contribution in [3.8, 4) is 0 Å². The molecule has 1 N–H and O–H groups in total. The van der Waals surface area contributed by atoms with Gasteiger partial charge in [-0.1, -0.05) is 0 Å². The number of aliphatic carboxylic acids is 1. The summed E-state index contributed by atoms with van der Waals surface area (Å²) in [6, 6.07) is 0. The number of carboxylic acids is 1. The Kier molecular flexibility index (Phi) is 3.60. The third-order valence-electron chi connectivity index (χ3n) is 2.18. The van der Waals surface area contributed by atoms with Crippen LogP contribution in [0.25, 0.3) is 0 Å². The molecule has 1 aliphatic rings. The summed E-state index contributed by atoms with van der Waals surface area (Å²) in [5, 5.41) is 8.41. The number of carbonyl (C=O) groups is 1. The van der Waals surface area contributed by atoms with Crippen molar-refractivity contribution in [2.24, 2.45) is 5.92 Å². The lowest BCUT2D eigenvalue weighted by molar-refractivity contribution is -0.175. The first-order chi connectivity index (χ1) is 6.91. The van der Waals surface area contributed by atoms with E-state index in [1.807, 2.05) is 0 Å². The third kappa shape index (κ3) is 3.45. The molecule has 0 radical (unpaired) electrons. The summed E-state index contributed by atoms with van der Waals surface area (Å²) in [4.78, 5) is 10.3. The quantitative estimate of drug-likeness (QED) is 0.800. The van der Waals surface area contributed by atoms with Gasteiger partial charge in [0.05, 0.1) is 25.2 Å². The highest BCUT2D eigenvalue weighted by atomic mass is 19.4. The molecule has 0 saturated heterocycles. The van der Waals surface area contributed by atoms with Gasteiger partial charge in [0.1, 0.15) is 0 Å². The Bertz CT molecular complexity index is 270. The number of allylic oxidation sites excluding steroid dienone is 1. The van der Waals surface area contributed by atoms with Gasteiger partial charge >= 0.3 is 12.1 Å². The molecule has 0 aliphatic carbocycles. The van der Waals surface area contributed by atoms with Gasteiger partial charge in [0.15, 0.2) is 0 Å². The molecule has 15 heavy (non-hydrogen) atoms. The van der Waals surface area contributed by atoms with Gasteiger partial charge in [-0.3, -0.25) is 4.79 Å². The highest BCUT2D eigenvalue weighted by Crippen LogP contribution is 2.37. The first kappa shape index (κ1) is 11.9. The van der Waals surface area contributed by atoms with E-state index in [1.54, 1.807) is 0 Å². The minimum absolute atomic E-state index is 0.0242. The molecule has 0 aromatic heterocycles. The van der Waals surface area contributed by atoms with Crippen LogP contribution in [0.3, 0.4) is 0 Å². The number of halogens is 3. The first-order valence-corrected chi connectivity index (χ1v) is 4.50. The van der Waals surface area contributed by atoms with Crippen LogP contribution >= 0.6 is 0 Å². The topological polar surface area (TPSA) is 46.5 Å². The van der Waals surface area contributed by atoms with Crippen LogP contribution in [0.4, 0.5) is 13.2 Å². The maximum Gasteiger partial charge on any atom is 0.396 e. The fraction of sp³-hybridized carbons (Fsp3) is 0.667. The van der Waals surface area contributed by atoms with Crippen molar-refractivity contribution >= 4 is 5.97 Å². The van der Waals surface area contributed by atoms with Crippen LogP contribution in [0.15, 0.2) is 11.8 Å². The lowest BCUT2D eigenvalue weighted by atomic mass is 9.91. The molecule has 0 saturated carbocycles. The van der Waals surface area contributed by atoms with Crippen molar-refractivity contribution in [1.82, 2.24) is 0 Å². The minimum Gasteiger partial charge on any atom is -0.501 e. The monoisotopic (exact) mass is 224 g/mol. The normalized spacial score (nSPS) is 19.0. The molecule has 6 heteroatoms. The van der Waals surface area contributed by atoms with Crippen LogP contribution in [0.2, 0.25) is 0 Å². The fourth-order valence-electron chi connectivity index (χ4n) is 1.47. The minimum atomic E-state index is -4.52.